The molecule has 0 radical (unpaired) electrons. The number of carbonyl (C=O) groups excluding carboxylic acids is 1. The number of amides is 1. The Kier molecular flexibility index (Phi) is 5.19. The van der Waals surface area contributed by atoms with Gasteiger partial charge in [-0.15, -0.1) is 0 Å². The SMILES string of the molecule is CCOc1ccc(C(=O)N(CC#N)C(C)C)cc1. The molecule has 0 N–H and O–H groups in total. The number of hydrogen-bond donors (Lipinski definition) is 0. The zero-order valence-electron chi connectivity index (χ0n) is 11.0. The van der Waals surface area contributed by atoms with Gasteiger partial charge < -0.3 is 9.64 Å². The Bertz CT molecular complexity index is 432. The highest BCUT2D eigenvalue weighted by atomic mass is 16.5. The molecule has 1 amide bonds. The molecule has 0 aromatic heterocycles. The van der Waals surface area contributed by atoms with E-state index in [0.717, 1.165) is 5.75 Å². The van der Waals surface area contributed by atoms with Crippen LogP contribution >= 0.6 is 0 Å². The van der Waals surface area contributed by atoms with Crippen LogP contribution in [-0.2, 0) is 0 Å². The van der Waals surface area contributed by atoms with E-state index in [1.165, 1.54) is 4.90 Å². The van der Waals surface area contributed by atoms with Crippen molar-refractivity contribution in [3.05, 3.63) is 29.8 Å². The molecule has 4 heteroatoms. The number of ether oxygens (including phenoxy) is 1. The van der Waals surface area contributed by atoms with Crippen LogP contribution in [0, 0.1) is 11.3 Å². The molecule has 0 unspecified atom stereocenters. The largest absolute Gasteiger partial charge is 0.494 e. The first-order chi connectivity index (χ1) is 8.60. The minimum absolute atomic E-state index is 0.00344. The van der Waals surface area contributed by atoms with Crippen LogP contribution in [0.5, 0.6) is 5.75 Å². The van der Waals surface area contributed by atoms with Gasteiger partial charge in [0.25, 0.3) is 5.91 Å². The quantitative estimate of drug-likeness (QED) is 0.750. The number of nitrogens with zero attached hydrogens (tertiary/aromatic N) is 2. The summed E-state index contributed by atoms with van der Waals surface area (Å²) in [5.74, 6) is 0.611. The Morgan fingerprint density at radius 2 is 2.00 bits per heavy atom. The van der Waals surface area contributed by atoms with E-state index < -0.39 is 0 Å². The van der Waals surface area contributed by atoms with Gasteiger partial charge in [0.1, 0.15) is 12.3 Å². The molecule has 0 aliphatic heterocycles. The molecule has 1 aromatic carbocycles. The second kappa shape index (κ2) is 6.65. The Balaban J connectivity index is 2.85. The lowest BCUT2D eigenvalue weighted by atomic mass is 10.1. The second-order valence-electron chi connectivity index (χ2n) is 4.14. The van der Waals surface area contributed by atoms with Crippen molar-refractivity contribution in [1.29, 1.82) is 5.26 Å². The van der Waals surface area contributed by atoms with Crippen molar-refractivity contribution in [1.82, 2.24) is 4.90 Å². The van der Waals surface area contributed by atoms with Crippen LogP contribution in [0.2, 0.25) is 0 Å². The molecule has 0 heterocycles. The van der Waals surface area contributed by atoms with Gasteiger partial charge in [0.05, 0.1) is 12.7 Å². The van der Waals surface area contributed by atoms with E-state index in [4.69, 9.17) is 10.00 Å². The zero-order valence-corrected chi connectivity index (χ0v) is 11.0. The highest BCUT2D eigenvalue weighted by Gasteiger charge is 2.18. The maximum atomic E-state index is 12.2. The van der Waals surface area contributed by atoms with Crippen LogP contribution in [0.1, 0.15) is 31.1 Å². The summed E-state index contributed by atoms with van der Waals surface area (Å²) in [6.45, 7) is 6.39. The first-order valence-corrected chi connectivity index (χ1v) is 6.01. The smallest absolute Gasteiger partial charge is 0.254 e. The van der Waals surface area contributed by atoms with E-state index in [1.807, 2.05) is 26.8 Å². The number of nitriles is 1. The van der Waals surface area contributed by atoms with Crippen LogP contribution < -0.4 is 4.74 Å². The summed E-state index contributed by atoms with van der Waals surface area (Å²) in [4.78, 5) is 13.7. The Labute approximate surface area is 108 Å². The first-order valence-electron chi connectivity index (χ1n) is 6.01. The zero-order chi connectivity index (χ0) is 13.5. The third-order valence-electron chi connectivity index (χ3n) is 2.54. The molecule has 1 aromatic rings. The monoisotopic (exact) mass is 246 g/mol. The van der Waals surface area contributed by atoms with E-state index in [0.29, 0.717) is 12.2 Å². The lowest BCUT2D eigenvalue weighted by Gasteiger charge is -2.23. The average Bonchev–Trinajstić information content (AvgIpc) is 2.36. The molecule has 0 saturated heterocycles. The van der Waals surface area contributed by atoms with Crippen LogP contribution in [0.25, 0.3) is 0 Å². The Hall–Kier alpha value is -2.02. The summed E-state index contributed by atoms with van der Waals surface area (Å²) < 4.78 is 5.32. The minimum Gasteiger partial charge on any atom is -0.494 e. The van der Waals surface area contributed by atoms with Crippen molar-refractivity contribution < 1.29 is 9.53 Å². The average molecular weight is 246 g/mol. The lowest BCUT2D eigenvalue weighted by molar-refractivity contribution is 0.0731. The normalized spacial score (nSPS) is 9.94. The molecule has 1 rings (SSSR count). The molecule has 0 spiro atoms. The van der Waals surface area contributed by atoms with Gasteiger partial charge >= 0.3 is 0 Å². The molecule has 0 atom stereocenters. The van der Waals surface area contributed by atoms with Gasteiger partial charge in [0, 0.05) is 11.6 Å². The van der Waals surface area contributed by atoms with Crippen LogP contribution in [0.3, 0.4) is 0 Å². The predicted molar refractivity (Wildman–Crippen MR) is 69.4 cm³/mol. The Morgan fingerprint density at radius 3 is 2.44 bits per heavy atom. The van der Waals surface area contributed by atoms with Gasteiger partial charge in [0.2, 0.25) is 0 Å². The fourth-order valence-electron chi connectivity index (χ4n) is 1.59. The molecular formula is C14H18N2O2. The van der Waals surface area contributed by atoms with Crippen molar-refractivity contribution in [3.63, 3.8) is 0 Å². The van der Waals surface area contributed by atoms with Crippen LogP contribution in [-0.4, -0.2) is 30.0 Å². The van der Waals surface area contributed by atoms with E-state index >= 15 is 0 Å². The standard InChI is InChI=1S/C14H18N2O2/c1-4-18-13-7-5-12(6-8-13)14(17)16(10-9-15)11(2)3/h5-8,11H,4,10H2,1-3H3. The molecule has 96 valence electrons. The van der Waals surface area contributed by atoms with Crippen molar-refractivity contribution in [2.24, 2.45) is 0 Å². The van der Waals surface area contributed by atoms with Gasteiger partial charge in [-0.3, -0.25) is 4.79 Å². The highest BCUT2D eigenvalue weighted by molar-refractivity contribution is 5.94. The predicted octanol–water partition coefficient (Wildman–Crippen LogP) is 2.46. The summed E-state index contributed by atoms with van der Waals surface area (Å²) in [7, 11) is 0. The molecule has 4 nitrogen and oxygen atoms in total. The number of carbonyl (C=O) groups is 1. The van der Waals surface area contributed by atoms with E-state index in [9.17, 15) is 4.79 Å². The van der Waals surface area contributed by atoms with Crippen LogP contribution in [0.15, 0.2) is 24.3 Å². The summed E-state index contributed by atoms with van der Waals surface area (Å²) >= 11 is 0. The van der Waals surface area contributed by atoms with Crippen molar-refractivity contribution in [2.45, 2.75) is 26.8 Å². The summed E-state index contributed by atoms with van der Waals surface area (Å²) in [5, 5.41) is 8.73. The number of benzene rings is 1. The third-order valence-corrected chi connectivity index (χ3v) is 2.54. The fourth-order valence-corrected chi connectivity index (χ4v) is 1.59. The molecular weight excluding hydrogens is 228 g/mol. The lowest BCUT2D eigenvalue weighted by Crippen LogP contribution is -2.37. The Morgan fingerprint density at radius 1 is 1.39 bits per heavy atom. The fraction of sp³-hybridized carbons (Fsp3) is 0.429. The third kappa shape index (κ3) is 3.49. The maximum Gasteiger partial charge on any atom is 0.254 e. The van der Waals surface area contributed by atoms with E-state index in [-0.39, 0.29) is 18.5 Å². The minimum atomic E-state index is -0.130. The molecule has 0 bridgehead atoms. The summed E-state index contributed by atoms with van der Waals surface area (Å²) in [6, 6.07) is 8.99. The molecule has 0 saturated carbocycles. The number of rotatable bonds is 5. The molecule has 18 heavy (non-hydrogen) atoms. The summed E-state index contributed by atoms with van der Waals surface area (Å²) in [5.41, 5.74) is 0.572. The molecule has 0 aliphatic rings. The van der Waals surface area contributed by atoms with E-state index in [2.05, 4.69) is 0 Å². The second-order valence-corrected chi connectivity index (χ2v) is 4.14. The first kappa shape index (κ1) is 14.0. The van der Waals surface area contributed by atoms with Gasteiger partial charge in [-0.2, -0.15) is 5.26 Å². The van der Waals surface area contributed by atoms with Gasteiger partial charge in [0.15, 0.2) is 0 Å². The maximum absolute atomic E-state index is 12.2. The topological polar surface area (TPSA) is 53.3 Å². The molecule has 0 fully saturated rings. The van der Waals surface area contributed by atoms with Crippen molar-refractivity contribution in [2.75, 3.05) is 13.2 Å². The molecule has 0 aliphatic carbocycles. The van der Waals surface area contributed by atoms with Gasteiger partial charge in [-0.05, 0) is 45.0 Å². The summed E-state index contributed by atoms with van der Waals surface area (Å²) in [6.07, 6.45) is 0. The van der Waals surface area contributed by atoms with Gasteiger partial charge in [-0.1, -0.05) is 0 Å². The van der Waals surface area contributed by atoms with E-state index in [1.54, 1.807) is 24.3 Å². The highest BCUT2D eigenvalue weighted by Crippen LogP contribution is 2.14. The van der Waals surface area contributed by atoms with Gasteiger partial charge in [-0.25, -0.2) is 0 Å². The van der Waals surface area contributed by atoms with Crippen molar-refractivity contribution >= 4 is 5.91 Å². The number of hydrogen-bond acceptors (Lipinski definition) is 3. The van der Waals surface area contributed by atoms with Crippen molar-refractivity contribution in [3.8, 4) is 11.8 Å². The van der Waals surface area contributed by atoms with Crippen LogP contribution in [0.4, 0.5) is 0 Å².